The van der Waals surface area contributed by atoms with Gasteiger partial charge in [-0.1, -0.05) is 30.7 Å². The fourth-order valence-electron chi connectivity index (χ4n) is 3.33. The maximum absolute atomic E-state index is 12.7. The van der Waals surface area contributed by atoms with Gasteiger partial charge in [-0.2, -0.15) is 5.26 Å². The number of rotatable bonds is 6. The van der Waals surface area contributed by atoms with Gasteiger partial charge in [-0.05, 0) is 24.2 Å². The third-order valence-corrected chi connectivity index (χ3v) is 5.08. The quantitative estimate of drug-likeness (QED) is 0.740. The van der Waals surface area contributed by atoms with E-state index in [4.69, 9.17) is 16.0 Å². The lowest BCUT2D eigenvalue weighted by Gasteiger charge is -2.35. The zero-order valence-corrected chi connectivity index (χ0v) is 16.9. The molecule has 2 heterocycles. The van der Waals surface area contributed by atoms with Crippen molar-refractivity contribution in [3.8, 4) is 6.07 Å². The fourth-order valence-corrected chi connectivity index (χ4v) is 3.54. The summed E-state index contributed by atoms with van der Waals surface area (Å²) in [7, 11) is 0. The number of nitrogens with zero attached hydrogens (tertiary/aromatic N) is 5. The van der Waals surface area contributed by atoms with Gasteiger partial charge in [0.1, 0.15) is 6.07 Å². The van der Waals surface area contributed by atoms with E-state index in [0.717, 1.165) is 12.1 Å². The van der Waals surface area contributed by atoms with Crippen molar-refractivity contribution < 1.29 is 9.21 Å². The number of carbonyl (C=O) groups excluding carboxylic acids is 1. The highest BCUT2D eigenvalue weighted by molar-refractivity contribution is 6.30. The van der Waals surface area contributed by atoms with Gasteiger partial charge in [-0.15, -0.1) is 0 Å². The van der Waals surface area contributed by atoms with Crippen LogP contribution in [0.15, 0.2) is 28.7 Å². The lowest BCUT2D eigenvalue weighted by molar-refractivity contribution is -0.132. The van der Waals surface area contributed by atoms with E-state index in [1.165, 1.54) is 0 Å². The molecule has 0 N–H and O–H groups in total. The number of benzene rings is 1. The number of amides is 1. The summed E-state index contributed by atoms with van der Waals surface area (Å²) in [5, 5.41) is 9.89. The number of nitriles is 1. The largest absolute Gasteiger partial charge is 0.424 e. The molecule has 7 nitrogen and oxygen atoms in total. The van der Waals surface area contributed by atoms with Crippen LogP contribution in [0.25, 0.3) is 0 Å². The van der Waals surface area contributed by atoms with Crippen LogP contribution < -0.4 is 4.90 Å². The molecule has 0 saturated carbocycles. The van der Waals surface area contributed by atoms with Gasteiger partial charge in [0, 0.05) is 44.7 Å². The Bertz CT molecular complexity index is 868. The first-order chi connectivity index (χ1) is 13.5. The molecule has 3 rings (SSSR count). The summed E-state index contributed by atoms with van der Waals surface area (Å²) in [5.74, 6) is 1.09. The lowest BCUT2D eigenvalue weighted by atomic mass is 10.2. The van der Waals surface area contributed by atoms with E-state index in [1.54, 1.807) is 6.92 Å². The summed E-state index contributed by atoms with van der Waals surface area (Å²) in [6, 6.07) is 9.78. The second kappa shape index (κ2) is 9.09. The second-order valence-corrected chi connectivity index (χ2v) is 7.24. The summed E-state index contributed by atoms with van der Waals surface area (Å²) >= 11 is 6.06. The standard InChI is InChI=1S/C20H24ClN5O2/c1-3-24(13-16-5-4-6-17(21)11-16)14-19(27)25-7-9-26(10-8-25)20-18(12-22)23-15(2)28-20/h4-6,11H,3,7-10,13-14H2,1-2H3. The molecule has 0 bridgehead atoms. The van der Waals surface area contributed by atoms with Crippen molar-refractivity contribution in [2.24, 2.45) is 0 Å². The van der Waals surface area contributed by atoms with Gasteiger partial charge in [0.25, 0.3) is 0 Å². The third kappa shape index (κ3) is 4.83. The molecule has 8 heteroatoms. The summed E-state index contributed by atoms with van der Waals surface area (Å²) < 4.78 is 5.57. The Balaban J connectivity index is 1.55. The molecule has 1 amide bonds. The maximum Gasteiger partial charge on any atom is 0.236 e. The van der Waals surface area contributed by atoms with E-state index in [2.05, 4.69) is 16.0 Å². The van der Waals surface area contributed by atoms with Crippen LogP contribution in [-0.2, 0) is 11.3 Å². The number of aromatic nitrogens is 1. The number of likely N-dealkylation sites (N-methyl/N-ethyl adjacent to an activating group) is 1. The van der Waals surface area contributed by atoms with Crippen LogP contribution in [0.2, 0.25) is 5.02 Å². The van der Waals surface area contributed by atoms with Crippen LogP contribution in [0.3, 0.4) is 0 Å². The van der Waals surface area contributed by atoms with Crippen molar-refractivity contribution in [1.82, 2.24) is 14.8 Å². The molecule has 1 fully saturated rings. The molecule has 1 saturated heterocycles. The fraction of sp³-hybridized carbons (Fsp3) is 0.450. The number of aryl methyl sites for hydroxylation is 1. The summed E-state index contributed by atoms with van der Waals surface area (Å²) in [6.07, 6.45) is 0. The van der Waals surface area contributed by atoms with Crippen molar-refractivity contribution in [2.75, 3.05) is 44.2 Å². The zero-order chi connectivity index (χ0) is 20.1. The van der Waals surface area contributed by atoms with E-state index >= 15 is 0 Å². The first kappa shape index (κ1) is 20.2. The molecule has 0 spiro atoms. The van der Waals surface area contributed by atoms with E-state index in [1.807, 2.05) is 41.0 Å². The molecule has 1 aliphatic rings. The number of halogens is 1. The Kier molecular flexibility index (Phi) is 6.55. The summed E-state index contributed by atoms with van der Waals surface area (Å²) in [6.45, 7) is 8.04. The predicted octanol–water partition coefficient (Wildman–Crippen LogP) is 2.68. The molecule has 1 aromatic heterocycles. The van der Waals surface area contributed by atoms with Gasteiger partial charge < -0.3 is 14.2 Å². The van der Waals surface area contributed by atoms with Crippen LogP contribution in [0.4, 0.5) is 5.88 Å². The highest BCUT2D eigenvalue weighted by Crippen LogP contribution is 2.22. The Hall–Kier alpha value is -2.56. The first-order valence-corrected chi connectivity index (χ1v) is 9.75. The molecule has 0 atom stereocenters. The number of hydrogen-bond donors (Lipinski definition) is 0. The monoisotopic (exact) mass is 401 g/mol. The normalized spacial score (nSPS) is 14.4. The summed E-state index contributed by atoms with van der Waals surface area (Å²) in [5.41, 5.74) is 1.40. The van der Waals surface area contributed by atoms with Gasteiger partial charge in [0.2, 0.25) is 17.5 Å². The Morgan fingerprint density at radius 2 is 2.11 bits per heavy atom. The molecule has 148 valence electrons. The van der Waals surface area contributed by atoms with Gasteiger partial charge in [-0.25, -0.2) is 4.98 Å². The Labute approximate surface area is 170 Å². The number of carbonyl (C=O) groups is 1. The predicted molar refractivity (Wildman–Crippen MR) is 107 cm³/mol. The molecular weight excluding hydrogens is 378 g/mol. The number of hydrogen-bond acceptors (Lipinski definition) is 6. The SMILES string of the molecule is CCN(CC(=O)N1CCN(c2oc(C)nc2C#N)CC1)Cc1cccc(Cl)c1. The average Bonchev–Trinajstić information content (AvgIpc) is 3.08. The minimum atomic E-state index is 0.109. The Morgan fingerprint density at radius 1 is 1.36 bits per heavy atom. The number of oxazole rings is 1. The minimum absolute atomic E-state index is 0.109. The molecule has 2 aromatic rings. The average molecular weight is 402 g/mol. The van der Waals surface area contributed by atoms with Crippen LogP contribution in [-0.4, -0.2) is 60.0 Å². The van der Waals surface area contributed by atoms with Gasteiger partial charge in [0.15, 0.2) is 5.89 Å². The van der Waals surface area contributed by atoms with Gasteiger partial charge in [0.05, 0.1) is 6.54 Å². The number of piperazine rings is 1. The lowest BCUT2D eigenvalue weighted by Crippen LogP contribution is -2.51. The first-order valence-electron chi connectivity index (χ1n) is 9.37. The molecule has 1 aliphatic heterocycles. The van der Waals surface area contributed by atoms with Crippen LogP contribution in [0.5, 0.6) is 0 Å². The smallest absolute Gasteiger partial charge is 0.236 e. The van der Waals surface area contributed by atoms with E-state index in [9.17, 15) is 10.1 Å². The highest BCUT2D eigenvalue weighted by atomic mass is 35.5. The molecular formula is C20H24ClN5O2. The van der Waals surface area contributed by atoms with Crippen molar-refractivity contribution in [2.45, 2.75) is 20.4 Å². The molecule has 1 aromatic carbocycles. The van der Waals surface area contributed by atoms with Crippen LogP contribution in [0, 0.1) is 18.3 Å². The molecule has 0 unspecified atom stereocenters. The van der Waals surface area contributed by atoms with E-state index < -0.39 is 0 Å². The molecule has 0 aliphatic carbocycles. The topological polar surface area (TPSA) is 76.6 Å². The zero-order valence-electron chi connectivity index (χ0n) is 16.2. The van der Waals surface area contributed by atoms with Crippen molar-refractivity contribution >= 4 is 23.4 Å². The van der Waals surface area contributed by atoms with Crippen molar-refractivity contribution in [3.63, 3.8) is 0 Å². The van der Waals surface area contributed by atoms with Crippen LogP contribution >= 0.6 is 11.6 Å². The molecule has 28 heavy (non-hydrogen) atoms. The summed E-state index contributed by atoms with van der Waals surface area (Å²) in [4.78, 5) is 22.8. The van der Waals surface area contributed by atoms with Gasteiger partial charge >= 0.3 is 0 Å². The number of anilines is 1. The van der Waals surface area contributed by atoms with Crippen molar-refractivity contribution in [3.05, 3.63) is 46.4 Å². The third-order valence-electron chi connectivity index (χ3n) is 4.84. The molecule has 0 radical (unpaired) electrons. The maximum atomic E-state index is 12.7. The Morgan fingerprint density at radius 3 is 2.75 bits per heavy atom. The van der Waals surface area contributed by atoms with Crippen LogP contribution in [0.1, 0.15) is 24.1 Å². The minimum Gasteiger partial charge on any atom is -0.424 e. The van der Waals surface area contributed by atoms with E-state index in [-0.39, 0.29) is 5.91 Å². The highest BCUT2D eigenvalue weighted by Gasteiger charge is 2.26. The van der Waals surface area contributed by atoms with Gasteiger partial charge in [-0.3, -0.25) is 9.69 Å². The van der Waals surface area contributed by atoms with E-state index in [0.29, 0.717) is 61.8 Å². The second-order valence-electron chi connectivity index (χ2n) is 6.80. The van der Waals surface area contributed by atoms with Crippen molar-refractivity contribution in [1.29, 1.82) is 5.26 Å².